The predicted molar refractivity (Wildman–Crippen MR) is 123 cm³/mol. The lowest BCUT2D eigenvalue weighted by Gasteiger charge is -2.05. The van der Waals surface area contributed by atoms with Gasteiger partial charge >= 0.3 is 0 Å². The number of carbonyl (C=O) groups is 1. The van der Waals surface area contributed by atoms with Gasteiger partial charge in [-0.25, -0.2) is 4.98 Å². The van der Waals surface area contributed by atoms with E-state index < -0.39 is 0 Å². The Morgan fingerprint density at radius 2 is 1.62 bits per heavy atom. The molecule has 32 heavy (non-hydrogen) atoms. The Labute approximate surface area is 185 Å². The van der Waals surface area contributed by atoms with Crippen LogP contribution in [0.4, 0.5) is 0 Å². The number of carbonyl (C=O) groups excluding carboxylic acids is 1. The van der Waals surface area contributed by atoms with Gasteiger partial charge < -0.3 is 13.6 Å². The van der Waals surface area contributed by atoms with Gasteiger partial charge in [-0.3, -0.25) is 4.79 Å². The number of furan rings is 1. The highest BCUT2D eigenvalue weighted by Crippen LogP contribution is 2.34. The number of ether oxygens (including phenoxy) is 1. The number of aryl methyl sites for hydroxylation is 1. The summed E-state index contributed by atoms with van der Waals surface area (Å²) >= 11 is 0. The molecule has 2 heterocycles. The van der Waals surface area contributed by atoms with Crippen molar-refractivity contribution in [3.8, 4) is 28.5 Å². The Morgan fingerprint density at radius 3 is 2.34 bits per heavy atom. The smallest absolute Gasteiger partial charge is 0.226 e. The van der Waals surface area contributed by atoms with Crippen LogP contribution in [0.25, 0.3) is 33.7 Å². The van der Waals surface area contributed by atoms with Crippen LogP contribution in [0.2, 0.25) is 0 Å². The van der Waals surface area contributed by atoms with Crippen LogP contribution >= 0.6 is 0 Å². The second-order valence-electron chi connectivity index (χ2n) is 7.47. The number of benzene rings is 3. The normalized spacial score (nSPS) is 11.0. The molecule has 5 rings (SSSR count). The minimum Gasteiger partial charge on any atom is -0.493 e. The molecular weight excluding hydrogens is 402 g/mol. The molecule has 0 spiro atoms. The van der Waals surface area contributed by atoms with Crippen molar-refractivity contribution in [2.24, 2.45) is 0 Å². The number of aldehydes is 1. The molecule has 2 aromatic heterocycles. The fraction of sp³-hybridized carbons (Fsp3) is 0.111. The monoisotopic (exact) mass is 423 g/mol. The molecule has 5 nitrogen and oxygen atoms in total. The summed E-state index contributed by atoms with van der Waals surface area (Å²) in [5.74, 6) is 2.65. The van der Waals surface area contributed by atoms with E-state index in [9.17, 15) is 4.79 Å². The molecule has 0 N–H and O–H groups in total. The summed E-state index contributed by atoms with van der Waals surface area (Å²) in [4.78, 5) is 16.3. The van der Waals surface area contributed by atoms with E-state index in [0.29, 0.717) is 41.6 Å². The lowest BCUT2D eigenvalue weighted by atomic mass is 10.1. The van der Waals surface area contributed by atoms with Crippen molar-refractivity contribution < 1.29 is 18.4 Å². The summed E-state index contributed by atoms with van der Waals surface area (Å²) in [6.45, 7) is 2.36. The quantitative estimate of drug-likeness (QED) is 0.280. The number of rotatable bonds is 7. The van der Waals surface area contributed by atoms with Crippen molar-refractivity contribution in [2.75, 3.05) is 6.61 Å². The third-order valence-corrected chi connectivity index (χ3v) is 5.37. The van der Waals surface area contributed by atoms with Crippen molar-refractivity contribution in [3.63, 3.8) is 0 Å². The fourth-order valence-corrected chi connectivity index (χ4v) is 3.74. The van der Waals surface area contributed by atoms with Gasteiger partial charge in [0, 0.05) is 29.0 Å². The Balaban J connectivity index is 1.32. The molecule has 0 aliphatic carbocycles. The van der Waals surface area contributed by atoms with Crippen LogP contribution in [0.5, 0.6) is 5.75 Å². The first-order valence-electron chi connectivity index (χ1n) is 10.4. The molecule has 5 aromatic rings. The summed E-state index contributed by atoms with van der Waals surface area (Å²) in [6.07, 6.45) is 1.46. The number of oxazole rings is 1. The van der Waals surface area contributed by atoms with Crippen molar-refractivity contribution in [3.05, 3.63) is 95.9 Å². The number of aromatic nitrogens is 1. The molecule has 0 saturated carbocycles. The van der Waals surface area contributed by atoms with Crippen molar-refractivity contribution in [1.82, 2.24) is 4.98 Å². The highest BCUT2D eigenvalue weighted by molar-refractivity contribution is 6.02. The zero-order valence-electron chi connectivity index (χ0n) is 17.6. The lowest BCUT2D eigenvalue weighted by Crippen LogP contribution is -2.02. The largest absolute Gasteiger partial charge is 0.493 e. The van der Waals surface area contributed by atoms with Crippen LogP contribution in [-0.2, 0) is 6.42 Å². The van der Waals surface area contributed by atoms with E-state index in [1.807, 2.05) is 85.8 Å². The molecule has 3 aromatic carbocycles. The van der Waals surface area contributed by atoms with E-state index >= 15 is 0 Å². The Morgan fingerprint density at radius 1 is 0.906 bits per heavy atom. The summed E-state index contributed by atoms with van der Waals surface area (Å²) in [6, 6.07) is 25.0. The van der Waals surface area contributed by atoms with Crippen LogP contribution in [0.3, 0.4) is 0 Å². The number of fused-ring (bicyclic) bond motifs is 1. The third-order valence-electron chi connectivity index (χ3n) is 5.37. The first-order chi connectivity index (χ1) is 15.7. The standard InChI is InChI=1S/C27H21NO4/c1-18-24(28-27(31-18)20-10-6-3-7-11-20)14-15-30-21-12-13-22-23(17-29)26(32-25(22)16-21)19-8-4-2-5-9-19/h2-13,16-17H,14-15H2,1H3. The van der Waals surface area contributed by atoms with E-state index in [1.54, 1.807) is 0 Å². The van der Waals surface area contributed by atoms with Crippen molar-refractivity contribution in [2.45, 2.75) is 13.3 Å². The van der Waals surface area contributed by atoms with E-state index in [2.05, 4.69) is 4.98 Å². The van der Waals surface area contributed by atoms with E-state index in [0.717, 1.165) is 34.3 Å². The molecule has 0 atom stereocenters. The van der Waals surface area contributed by atoms with Crippen molar-refractivity contribution in [1.29, 1.82) is 0 Å². The number of hydrogen-bond acceptors (Lipinski definition) is 5. The van der Waals surface area contributed by atoms with Gasteiger partial charge in [-0.15, -0.1) is 0 Å². The summed E-state index contributed by atoms with van der Waals surface area (Å²) in [7, 11) is 0. The van der Waals surface area contributed by atoms with E-state index in [-0.39, 0.29) is 0 Å². The number of nitrogens with zero attached hydrogens (tertiary/aromatic N) is 1. The topological polar surface area (TPSA) is 65.5 Å². The van der Waals surface area contributed by atoms with Gasteiger partial charge in [-0.2, -0.15) is 0 Å². The molecule has 0 radical (unpaired) electrons. The molecule has 158 valence electrons. The molecule has 0 saturated heterocycles. The van der Waals surface area contributed by atoms with Gasteiger partial charge in [0.15, 0.2) is 6.29 Å². The zero-order chi connectivity index (χ0) is 21.9. The molecule has 0 aliphatic rings. The van der Waals surface area contributed by atoms with E-state index in [1.165, 1.54) is 0 Å². The molecule has 0 fully saturated rings. The average Bonchev–Trinajstić information content (AvgIpc) is 3.40. The molecule has 0 unspecified atom stereocenters. The number of hydrogen-bond donors (Lipinski definition) is 0. The predicted octanol–water partition coefficient (Wildman–Crippen LogP) is 6.50. The van der Waals surface area contributed by atoms with Crippen LogP contribution in [-0.4, -0.2) is 17.9 Å². The molecule has 0 aliphatic heterocycles. The maximum absolute atomic E-state index is 11.7. The Kier molecular flexibility index (Phi) is 5.30. The van der Waals surface area contributed by atoms with Gasteiger partial charge in [-0.05, 0) is 31.2 Å². The van der Waals surface area contributed by atoms with E-state index in [4.69, 9.17) is 13.6 Å². The summed E-state index contributed by atoms with van der Waals surface area (Å²) in [5, 5.41) is 0.769. The first-order valence-corrected chi connectivity index (χ1v) is 10.4. The van der Waals surface area contributed by atoms with Gasteiger partial charge in [0.25, 0.3) is 0 Å². The second kappa shape index (κ2) is 8.55. The van der Waals surface area contributed by atoms with Crippen LogP contribution < -0.4 is 4.74 Å². The van der Waals surface area contributed by atoms with Crippen LogP contribution in [0.1, 0.15) is 21.8 Å². The summed E-state index contributed by atoms with van der Waals surface area (Å²) < 4.78 is 17.8. The molecule has 5 heteroatoms. The molecule has 0 amide bonds. The SMILES string of the molecule is Cc1oc(-c2ccccc2)nc1CCOc1ccc2c(C=O)c(-c3ccccc3)oc2c1. The minimum absolute atomic E-state index is 0.444. The highest BCUT2D eigenvalue weighted by Gasteiger charge is 2.16. The van der Waals surface area contributed by atoms with Crippen LogP contribution in [0.15, 0.2) is 87.7 Å². The minimum atomic E-state index is 0.444. The van der Waals surface area contributed by atoms with Gasteiger partial charge in [0.05, 0.1) is 17.9 Å². The summed E-state index contributed by atoms with van der Waals surface area (Å²) in [5.41, 5.74) is 3.85. The van der Waals surface area contributed by atoms with Crippen molar-refractivity contribution >= 4 is 17.3 Å². The molecular formula is C27H21NO4. The third kappa shape index (κ3) is 3.81. The first kappa shape index (κ1) is 19.8. The van der Waals surface area contributed by atoms with Crippen LogP contribution in [0, 0.1) is 6.92 Å². The van der Waals surface area contributed by atoms with Gasteiger partial charge in [0.2, 0.25) is 5.89 Å². The lowest BCUT2D eigenvalue weighted by molar-refractivity contribution is 0.112. The maximum Gasteiger partial charge on any atom is 0.226 e. The Hall–Kier alpha value is -4.12. The molecule has 0 bridgehead atoms. The zero-order valence-corrected chi connectivity index (χ0v) is 17.6. The fourth-order valence-electron chi connectivity index (χ4n) is 3.74. The van der Waals surface area contributed by atoms with Gasteiger partial charge in [-0.1, -0.05) is 48.5 Å². The average molecular weight is 423 g/mol. The highest BCUT2D eigenvalue weighted by atomic mass is 16.5. The Bertz CT molecular complexity index is 1370. The maximum atomic E-state index is 11.7. The second-order valence-corrected chi connectivity index (χ2v) is 7.47. The van der Waals surface area contributed by atoms with Gasteiger partial charge in [0.1, 0.15) is 22.9 Å².